The molecule has 0 aromatic rings. The molecule has 0 saturated carbocycles. The van der Waals surface area contributed by atoms with Gasteiger partial charge in [0.1, 0.15) is 0 Å². The highest BCUT2D eigenvalue weighted by Gasteiger charge is 1.97. The van der Waals surface area contributed by atoms with Crippen LogP contribution in [0.2, 0.25) is 0 Å². The Hall–Kier alpha value is -0.120. The smallest absolute Gasteiger partial charge is 0.00185 e. The van der Waals surface area contributed by atoms with Crippen molar-refractivity contribution in [3.63, 3.8) is 0 Å². The number of hydrogen-bond donors (Lipinski definition) is 2. The van der Waals surface area contributed by atoms with Crippen molar-refractivity contribution in [2.24, 2.45) is 5.73 Å². The maximum Gasteiger partial charge on any atom is -0.00185 e. The first-order valence-corrected chi connectivity index (χ1v) is 7.48. The van der Waals surface area contributed by atoms with Crippen LogP contribution in [0.5, 0.6) is 0 Å². The van der Waals surface area contributed by atoms with Gasteiger partial charge in [-0.1, -0.05) is 26.7 Å². The molecule has 0 saturated heterocycles. The molecule has 0 unspecified atom stereocenters. The van der Waals surface area contributed by atoms with Crippen molar-refractivity contribution in [1.82, 2.24) is 10.2 Å². The molecule has 0 rings (SSSR count). The molecule has 0 aromatic heterocycles. The Labute approximate surface area is 108 Å². The van der Waals surface area contributed by atoms with E-state index in [0.29, 0.717) is 0 Å². The van der Waals surface area contributed by atoms with Crippen LogP contribution in [0.1, 0.15) is 52.4 Å². The first-order valence-electron chi connectivity index (χ1n) is 7.48. The van der Waals surface area contributed by atoms with E-state index in [1.54, 1.807) is 0 Å². The molecule has 0 heterocycles. The standard InChI is InChI=1S/C14H33N3/c1-3-17(4-2)14-10-9-13-16-12-8-6-5-7-11-15/h16H,3-15H2,1-2H3. The number of nitrogens with zero attached hydrogens (tertiary/aromatic N) is 1. The average Bonchev–Trinajstić information content (AvgIpc) is 2.36. The van der Waals surface area contributed by atoms with E-state index in [-0.39, 0.29) is 0 Å². The van der Waals surface area contributed by atoms with Gasteiger partial charge in [-0.05, 0) is 65.0 Å². The lowest BCUT2D eigenvalue weighted by molar-refractivity contribution is 0.296. The third kappa shape index (κ3) is 12.1. The van der Waals surface area contributed by atoms with Crippen LogP contribution in [-0.2, 0) is 0 Å². The molecule has 0 aliphatic rings. The Balaban J connectivity index is 3.03. The van der Waals surface area contributed by atoms with Crippen LogP contribution in [0, 0.1) is 0 Å². The van der Waals surface area contributed by atoms with Gasteiger partial charge in [0.25, 0.3) is 0 Å². The molecule has 0 fully saturated rings. The second-order valence-corrected chi connectivity index (χ2v) is 4.69. The summed E-state index contributed by atoms with van der Waals surface area (Å²) in [4.78, 5) is 2.49. The maximum absolute atomic E-state index is 5.45. The van der Waals surface area contributed by atoms with Gasteiger partial charge in [-0.15, -0.1) is 0 Å². The molecule has 3 N–H and O–H groups in total. The van der Waals surface area contributed by atoms with E-state index >= 15 is 0 Å². The first kappa shape index (κ1) is 16.9. The van der Waals surface area contributed by atoms with Crippen LogP contribution in [0.15, 0.2) is 0 Å². The third-order valence-corrected chi connectivity index (χ3v) is 3.28. The van der Waals surface area contributed by atoms with E-state index in [1.807, 2.05) is 0 Å². The molecule has 17 heavy (non-hydrogen) atoms. The summed E-state index contributed by atoms with van der Waals surface area (Å²) in [5.74, 6) is 0. The summed E-state index contributed by atoms with van der Waals surface area (Å²) in [6, 6.07) is 0. The highest BCUT2D eigenvalue weighted by Crippen LogP contribution is 1.97. The molecule has 0 radical (unpaired) electrons. The molecule has 0 atom stereocenters. The van der Waals surface area contributed by atoms with Crippen molar-refractivity contribution >= 4 is 0 Å². The molecule has 0 aromatic carbocycles. The summed E-state index contributed by atoms with van der Waals surface area (Å²) in [5, 5.41) is 3.52. The molecule has 0 aliphatic heterocycles. The van der Waals surface area contributed by atoms with Gasteiger partial charge in [-0.25, -0.2) is 0 Å². The Kier molecular flexibility index (Phi) is 13.8. The molecular weight excluding hydrogens is 210 g/mol. The van der Waals surface area contributed by atoms with E-state index in [0.717, 1.165) is 6.54 Å². The lowest BCUT2D eigenvalue weighted by Crippen LogP contribution is -2.25. The normalized spacial score (nSPS) is 11.3. The van der Waals surface area contributed by atoms with Gasteiger partial charge in [-0.3, -0.25) is 0 Å². The van der Waals surface area contributed by atoms with Crippen molar-refractivity contribution in [2.75, 3.05) is 39.3 Å². The summed E-state index contributed by atoms with van der Waals surface area (Å²) >= 11 is 0. The van der Waals surface area contributed by atoms with Gasteiger partial charge in [-0.2, -0.15) is 0 Å². The highest BCUT2D eigenvalue weighted by atomic mass is 15.1. The number of nitrogens with two attached hydrogens (primary N) is 1. The van der Waals surface area contributed by atoms with Crippen LogP contribution in [-0.4, -0.2) is 44.2 Å². The molecule has 104 valence electrons. The summed E-state index contributed by atoms with van der Waals surface area (Å²) in [5.41, 5.74) is 5.45. The molecule has 0 aliphatic carbocycles. The summed E-state index contributed by atoms with van der Waals surface area (Å²) in [6.07, 6.45) is 7.73. The maximum atomic E-state index is 5.45. The van der Waals surface area contributed by atoms with Gasteiger partial charge >= 0.3 is 0 Å². The molecule has 0 bridgehead atoms. The minimum absolute atomic E-state index is 0.846. The van der Waals surface area contributed by atoms with Crippen molar-refractivity contribution in [3.05, 3.63) is 0 Å². The topological polar surface area (TPSA) is 41.3 Å². The van der Waals surface area contributed by atoms with E-state index in [2.05, 4.69) is 24.1 Å². The van der Waals surface area contributed by atoms with Crippen molar-refractivity contribution < 1.29 is 0 Å². The van der Waals surface area contributed by atoms with Gasteiger partial charge in [0.2, 0.25) is 0 Å². The van der Waals surface area contributed by atoms with E-state index in [9.17, 15) is 0 Å². The second-order valence-electron chi connectivity index (χ2n) is 4.69. The van der Waals surface area contributed by atoms with E-state index in [4.69, 9.17) is 5.73 Å². The fourth-order valence-corrected chi connectivity index (χ4v) is 2.00. The lowest BCUT2D eigenvalue weighted by atomic mass is 10.2. The highest BCUT2D eigenvalue weighted by molar-refractivity contribution is 4.55. The quantitative estimate of drug-likeness (QED) is 0.487. The third-order valence-electron chi connectivity index (χ3n) is 3.28. The number of unbranched alkanes of at least 4 members (excludes halogenated alkanes) is 4. The minimum Gasteiger partial charge on any atom is -0.330 e. The van der Waals surface area contributed by atoms with Crippen LogP contribution in [0.3, 0.4) is 0 Å². The number of hydrogen-bond acceptors (Lipinski definition) is 3. The molecular formula is C14H33N3. The Morgan fingerprint density at radius 1 is 0.824 bits per heavy atom. The van der Waals surface area contributed by atoms with Gasteiger partial charge < -0.3 is 16.0 Å². The predicted octanol–water partition coefficient (Wildman–Crippen LogP) is 2.22. The van der Waals surface area contributed by atoms with E-state index < -0.39 is 0 Å². The van der Waals surface area contributed by atoms with Gasteiger partial charge in [0.05, 0.1) is 0 Å². The summed E-state index contributed by atoms with van der Waals surface area (Å²) in [7, 11) is 0. The van der Waals surface area contributed by atoms with Gasteiger partial charge in [0.15, 0.2) is 0 Å². The number of rotatable bonds is 13. The average molecular weight is 243 g/mol. The summed E-state index contributed by atoms with van der Waals surface area (Å²) in [6.45, 7) is 11.3. The van der Waals surface area contributed by atoms with Crippen molar-refractivity contribution in [1.29, 1.82) is 0 Å². The lowest BCUT2D eigenvalue weighted by Gasteiger charge is -2.17. The minimum atomic E-state index is 0.846. The van der Waals surface area contributed by atoms with Crippen LogP contribution < -0.4 is 11.1 Å². The molecule has 0 amide bonds. The number of nitrogens with one attached hydrogen (secondary N) is 1. The predicted molar refractivity (Wildman–Crippen MR) is 77.4 cm³/mol. The summed E-state index contributed by atoms with van der Waals surface area (Å²) < 4.78 is 0. The molecule has 3 nitrogen and oxygen atoms in total. The SMILES string of the molecule is CCN(CC)CCCCNCCCCCCN. The van der Waals surface area contributed by atoms with Crippen LogP contribution in [0.25, 0.3) is 0 Å². The second kappa shape index (κ2) is 13.9. The Morgan fingerprint density at radius 2 is 1.41 bits per heavy atom. The zero-order valence-corrected chi connectivity index (χ0v) is 12.0. The zero-order valence-electron chi connectivity index (χ0n) is 12.0. The fraction of sp³-hybridized carbons (Fsp3) is 1.00. The van der Waals surface area contributed by atoms with Crippen molar-refractivity contribution in [2.45, 2.75) is 52.4 Å². The Morgan fingerprint density at radius 3 is 2.00 bits per heavy atom. The monoisotopic (exact) mass is 243 g/mol. The zero-order chi connectivity index (χ0) is 12.8. The van der Waals surface area contributed by atoms with Crippen LogP contribution in [0.4, 0.5) is 0 Å². The van der Waals surface area contributed by atoms with Crippen LogP contribution >= 0.6 is 0 Å². The molecule has 0 spiro atoms. The first-order chi connectivity index (χ1) is 8.35. The molecule has 3 heteroatoms. The fourth-order valence-electron chi connectivity index (χ4n) is 2.00. The van der Waals surface area contributed by atoms with Gasteiger partial charge in [0, 0.05) is 0 Å². The van der Waals surface area contributed by atoms with Crippen molar-refractivity contribution in [3.8, 4) is 0 Å². The Bertz CT molecular complexity index is 135. The largest absolute Gasteiger partial charge is 0.330 e. The van der Waals surface area contributed by atoms with E-state index in [1.165, 1.54) is 71.2 Å².